The zero-order chi connectivity index (χ0) is 14.7. The Bertz CT molecular complexity index is 718. The summed E-state index contributed by atoms with van der Waals surface area (Å²) >= 11 is 0. The van der Waals surface area contributed by atoms with E-state index in [1.807, 2.05) is 19.1 Å². The molecular weight excluding hydrogens is 254 g/mol. The maximum atomic E-state index is 10.9. The zero-order valence-electron chi connectivity index (χ0n) is 11.2. The fourth-order valence-corrected chi connectivity index (χ4v) is 1.90. The topological polar surface area (TPSA) is 79.0 Å². The number of nitriles is 1. The summed E-state index contributed by atoms with van der Waals surface area (Å²) in [7, 11) is 0. The Morgan fingerprint density at radius 1 is 1.20 bits per heavy atom. The predicted molar refractivity (Wildman–Crippen MR) is 77.0 cm³/mol. The molecule has 0 aromatic heterocycles. The van der Waals surface area contributed by atoms with Crippen LogP contribution in [0.2, 0.25) is 0 Å². The summed E-state index contributed by atoms with van der Waals surface area (Å²) in [5.41, 5.74) is 3.40. The fourth-order valence-electron chi connectivity index (χ4n) is 1.90. The van der Waals surface area contributed by atoms with E-state index in [2.05, 4.69) is 11.4 Å². The summed E-state index contributed by atoms with van der Waals surface area (Å²) in [4.78, 5) is 10.5. The second kappa shape index (κ2) is 5.41. The highest BCUT2D eigenvalue weighted by Crippen LogP contribution is 2.26. The van der Waals surface area contributed by atoms with Gasteiger partial charge >= 0.3 is 0 Å². The molecule has 0 amide bonds. The average Bonchev–Trinajstić information content (AvgIpc) is 2.41. The molecule has 0 fully saturated rings. The molecule has 100 valence electrons. The molecule has 0 heterocycles. The molecule has 0 saturated heterocycles. The summed E-state index contributed by atoms with van der Waals surface area (Å²) < 4.78 is 0. The van der Waals surface area contributed by atoms with E-state index in [0.717, 1.165) is 5.56 Å². The molecule has 2 aromatic carbocycles. The minimum atomic E-state index is -0.415. The second-order valence-corrected chi connectivity index (χ2v) is 4.54. The van der Waals surface area contributed by atoms with Crippen LogP contribution in [0.3, 0.4) is 0 Å². The molecule has 5 nitrogen and oxygen atoms in total. The molecule has 20 heavy (non-hydrogen) atoms. The van der Waals surface area contributed by atoms with Crippen LogP contribution >= 0.6 is 0 Å². The normalized spacial score (nSPS) is 9.85. The molecule has 0 unspecified atom stereocenters. The Morgan fingerprint density at radius 2 is 1.95 bits per heavy atom. The quantitative estimate of drug-likeness (QED) is 0.677. The van der Waals surface area contributed by atoms with Gasteiger partial charge in [-0.1, -0.05) is 12.1 Å². The lowest BCUT2D eigenvalue weighted by Crippen LogP contribution is -1.97. The third-order valence-electron chi connectivity index (χ3n) is 2.98. The van der Waals surface area contributed by atoms with Crippen molar-refractivity contribution in [3.05, 3.63) is 63.2 Å². The van der Waals surface area contributed by atoms with Crippen LogP contribution in [-0.4, -0.2) is 4.92 Å². The van der Waals surface area contributed by atoms with Crippen molar-refractivity contribution in [2.45, 2.75) is 13.8 Å². The molecule has 1 N–H and O–H groups in total. The van der Waals surface area contributed by atoms with Crippen LogP contribution in [0.1, 0.15) is 16.7 Å². The van der Waals surface area contributed by atoms with Gasteiger partial charge in [-0.2, -0.15) is 5.26 Å². The fraction of sp³-hybridized carbons (Fsp3) is 0.133. The Morgan fingerprint density at radius 3 is 2.60 bits per heavy atom. The molecule has 0 aliphatic carbocycles. The van der Waals surface area contributed by atoms with Crippen LogP contribution in [0.4, 0.5) is 17.1 Å². The summed E-state index contributed by atoms with van der Waals surface area (Å²) in [6.45, 7) is 3.61. The number of rotatable bonds is 3. The summed E-state index contributed by atoms with van der Waals surface area (Å²) in [6, 6.07) is 12.4. The number of anilines is 2. The molecule has 2 rings (SSSR count). The highest BCUT2D eigenvalue weighted by Gasteiger charge is 2.11. The van der Waals surface area contributed by atoms with Crippen molar-refractivity contribution in [1.29, 1.82) is 5.26 Å². The molecule has 0 atom stereocenters. The van der Waals surface area contributed by atoms with Crippen molar-refractivity contribution >= 4 is 17.1 Å². The van der Waals surface area contributed by atoms with Crippen molar-refractivity contribution in [2.24, 2.45) is 0 Å². The Hall–Kier alpha value is -2.87. The third-order valence-corrected chi connectivity index (χ3v) is 2.98. The van der Waals surface area contributed by atoms with Crippen molar-refractivity contribution < 1.29 is 4.92 Å². The van der Waals surface area contributed by atoms with Gasteiger partial charge in [0.15, 0.2) is 0 Å². The molecule has 0 saturated carbocycles. The highest BCUT2D eigenvalue weighted by molar-refractivity contribution is 5.69. The van der Waals surface area contributed by atoms with Gasteiger partial charge in [0, 0.05) is 17.3 Å². The number of nitrogens with one attached hydrogen (secondary N) is 1. The van der Waals surface area contributed by atoms with Crippen LogP contribution < -0.4 is 5.32 Å². The van der Waals surface area contributed by atoms with Crippen LogP contribution in [0.25, 0.3) is 0 Å². The minimum absolute atomic E-state index is 0.0566. The Kier molecular flexibility index (Phi) is 3.67. The first-order chi connectivity index (χ1) is 9.51. The SMILES string of the molecule is Cc1ccc(C#N)c(Nc2ccc(C)c([N+](=O)[O-])c2)c1. The van der Waals surface area contributed by atoms with Gasteiger partial charge in [-0.25, -0.2) is 0 Å². The van der Waals surface area contributed by atoms with E-state index in [1.165, 1.54) is 6.07 Å². The second-order valence-electron chi connectivity index (χ2n) is 4.54. The predicted octanol–water partition coefficient (Wildman–Crippen LogP) is 3.83. The van der Waals surface area contributed by atoms with Gasteiger partial charge < -0.3 is 5.32 Å². The first-order valence-electron chi connectivity index (χ1n) is 6.04. The zero-order valence-corrected chi connectivity index (χ0v) is 11.2. The Balaban J connectivity index is 2.40. The minimum Gasteiger partial charge on any atom is -0.354 e. The monoisotopic (exact) mass is 267 g/mol. The number of aryl methyl sites for hydroxylation is 2. The number of nitro benzene ring substituents is 1. The molecule has 5 heteroatoms. The highest BCUT2D eigenvalue weighted by atomic mass is 16.6. The lowest BCUT2D eigenvalue weighted by molar-refractivity contribution is -0.385. The lowest BCUT2D eigenvalue weighted by Gasteiger charge is -2.09. The molecule has 0 bridgehead atoms. The number of nitrogens with zero attached hydrogens (tertiary/aromatic N) is 2. The van der Waals surface area contributed by atoms with Crippen LogP contribution in [0.15, 0.2) is 36.4 Å². The van der Waals surface area contributed by atoms with E-state index in [9.17, 15) is 10.1 Å². The largest absolute Gasteiger partial charge is 0.354 e. The van der Waals surface area contributed by atoms with Crippen LogP contribution in [-0.2, 0) is 0 Å². The van der Waals surface area contributed by atoms with E-state index in [1.54, 1.807) is 25.1 Å². The first-order valence-corrected chi connectivity index (χ1v) is 6.04. The van der Waals surface area contributed by atoms with Gasteiger partial charge in [0.25, 0.3) is 5.69 Å². The van der Waals surface area contributed by atoms with Gasteiger partial charge in [0.1, 0.15) is 6.07 Å². The van der Waals surface area contributed by atoms with Gasteiger partial charge in [0.05, 0.1) is 16.2 Å². The van der Waals surface area contributed by atoms with Crippen molar-refractivity contribution in [3.63, 3.8) is 0 Å². The van der Waals surface area contributed by atoms with E-state index >= 15 is 0 Å². The molecule has 0 radical (unpaired) electrons. The van der Waals surface area contributed by atoms with Crippen molar-refractivity contribution in [3.8, 4) is 6.07 Å². The maximum Gasteiger partial charge on any atom is 0.274 e. The average molecular weight is 267 g/mol. The van der Waals surface area contributed by atoms with Crippen LogP contribution in [0.5, 0.6) is 0 Å². The van der Waals surface area contributed by atoms with Gasteiger partial charge in [-0.15, -0.1) is 0 Å². The van der Waals surface area contributed by atoms with Crippen LogP contribution in [0, 0.1) is 35.3 Å². The van der Waals surface area contributed by atoms with Gasteiger partial charge in [-0.05, 0) is 37.6 Å². The summed E-state index contributed by atoms with van der Waals surface area (Å²) in [5, 5.41) is 23.1. The van der Waals surface area contributed by atoms with E-state index < -0.39 is 4.92 Å². The molecule has 0 aliphatic heterocycles. The number of benzene rings is 2. The molecule has 2 aromatic rings. The number of hydrogen-bond donors (Lipinski definition) is 1. The van der Waals surface area contributed by atoms with E-state index in [-0.39, 0.29) is 5.69 Å². The van der Waals surface area contributed by atoms with E-state index in [4.69, 9.17) is 5.26 Å². The smallest absolute Gasteiger partial charge is 0.274 e. The molecule has 0 aliphatic rings. The maximum absolute atomic E-state index is 10.9. The Labute approximate surface area is 116 Å². The number of nitro groups is 1. The standard InChI is InChI=1S/C15H13N3O2/c1-10-3-5-12(9-16)14(7-10)17-13-6-4-11(2)15(8-13)18(19)20/h3-8,17H,1-2H3. The molecule has 0 spiro atoms. The van der Waals surface area contributed by atoms with Crippen molar-refractivity contribution in [1.82, 2.24) is 0 Å². The summed E-state index contributed by atoms with van der Waals surface area (Å²) in [5.74, 6) is 0. The third kappa shape index (κ3) is 2.75. The first kappa shape index (κ1) is 13.6. The van der Waals surface area contributed by atoms with Gasteiger partial charge in [0.2, 0.25) is 0 Å². The lowest BCUT2D eigenvalue weighted by atomic mass is 10.1. The van der Waals surface area contributed by atoms with E-state index in [0.29, 0.717) is 22.5 Å². The van der Waals surface area contributed by atoms with Gasteiger partial charge in [-0.3, -0.25) is 10.1 Å². The van der Waals surface area contributed by atoms with Crippen molar-refractivity contribution in [2.75, 3.05) is 5.32 Å². The molecular formula is C15H13N3O2. The number of hydrogen-bond acceptors (Lipinski definition) is 4. The summed E-state index contributed by atoms with van der Waals surface area (Å²) in [6.07, 6.45) is 0.